The SMILES string of the molecule is CC(C)(C)CC[Si](C)(C)O[Si](c1ccccc1)(c1ccccc1)c1ccccc1. The third-order valence-electron chi connectivity index (χ3n) is 5.45. The molecule has 0 unspecified atom stereocenters. The summed E-state index contributed by atoms with van der Waals surface area (Å²) in [7, 11) is -4.53. The van der Waals surface area contributed by atoms with Crippen LogP contribution in [0.4, 0.5) is 0 Å². The van der Waals surface area contributed by atoms with E-state index in [4.69, 9.17) is 4.12 Å². The van der Waals surface area contributed by atoms with E-state index in [9.17, 15) is 0 Å². The lowest BCUT2D eigenvalue weighted by Crippen LogP contribution is -2.72. The van der Waals surface area contributed by atoms with Crippen molar-refractivity contribution in [3.05, 3.63) is 91.0 Å². The van der Waals surface area contributed by atoms with E-state index in [1.54, 1.807) is 0 Å². The molecule has 3 heteroatoms. The Hall–Kier alpha value is -1.95. The molecule has 3 aromatic carbocycles. The lowest BCUT2D eigenvalue weighted by atomic mass is 9.94. The molecule has 0 aromatic heterocycles. The monoisotopic (exact) mass is 418 g/mol. The van der Waals surface area contributed by atoms with Crippen LogP contribution < -0.4 is 15.6 Å². The zero-order chi connectivity index (χ0) is 21.0. The first-order valence-corrected chi connectivity index (χ1v) is 15.6. The Balaban J connectivity index is 2.17. The molecular formula is C26H34OSi2. The van der Waals surface area contributed by atoms with Gasteiger partial charge >= 0.3 is 0 Å². The highest BCUT2D eigenvalue weighted by Gasteiger charge is 2.46. The van der Waals surface area contributed by atoms with Gasteiger partial charge in [0.1, 0.15) is 0 Å². The Labute approximate surface area is 179 Å². The second kappa shape index (κ2) is 8.82. The molecule has 1 nitrogen and oxygen atoms in total. The molecule has 0 saturated carbocycles. The zero-order valence-electron chi connectivity index (χ0n) is 18.5. The van der Waals surface area contributed by atoms with Crippen molar-refractivity contribution in [1.29, 1.82) is 0 Å². The van der Waals surface area contributed by atoms with Crippen LogP contribution in [0.5, 0.6) is 0 Å². The maximum atomic E-state index is 7.46. The molecular weight excluding hydrogens is 384 g/mol. The summed E-state index contributed by atoms with van der Waals surface area (Å²) in [6.07, 6.45) is 1.19. The van der Waals surface area contributed by atoms with Gasteiger partial charge in [0.15, 0.2) is 8.32 Å². The summed E-state index contributed by atoms with van der Waals surface area (Å²) in [5.41, 5.74) is 0.323. The fourth-order valence-electron chi connectivity index (χ4n) is 3.84. The van der Waals surface area contributed by atoms with E-state index in [1.807, 2.05) is 0 Å². The Kier molecular flexibility index (Phi) is 6.62. The Bertz CT molecular complexity index is 788. The summed E-state index contributed by atoms with van der Waals surface area (Å²) in [4.78, 5) is 0. The van der Waals surface area contributed by atoms with Crippen molar-refractivity contribution in [2.45, 2.75) is 46.3 Å². The minimum atomic E-state index is -2.59. The molecule has 0 aliphatic heterocycles. The fraction of sp³-hybridized carbons (Fsp3) is 0.308. The molecule has 0 spiro atoms. The minimum absolute atomic E-state index is 0.323. The standard InChI is InChI=1S/C26H34OSi2/c1-26(2,3)21-22-28(4,5)27-29(23-15-9-6-10-16-23,24-17-11-7-12-18-24)25-19-13-8-14-20-25/h6-20H,21-22H2,1-5H3. The van der Waals surface area contributed by atoms with Crippen LogP contribution in [0.25, 0.3) is 0 Å². The van der Waals surface area contributed by atoms with Crippen LogP contribution in [0, 0.1) is 5.41 Å². The van der Waals surface area contributed by atoms with Crippen LogP contribution in [0.2, 0.25) is 19.1 Å². The van der Waals surface area contributed by atoms with Crippen LogP contribution in [-0.4, -0.2) is 16.6 Å². The van der Waals surface area contributed by atoms with E-state index in [1.165, 1.54) is 22.0 Å². The molecule has 152 valence electrons. The van der Waals surface area contributed by atoms with Crippen molar-refractivity contribution in [3.8, 4) is 0 Å². The predicted molar refractivity (Wildman–Crippen MR) is 131 cm³/mol. The quantitative estimate of drug-likeness (QED) is 0.373. The van der Waals surface area contributed by atoms with Gasteiger partial charge in [0, 0.05) is 0 Å². The molecule has 0 atom stereocenters. The van der Waals surface area contributed by atoms with Gasteiger partial charge in [0.05, 0.1) is 0 Å². The molecule has 3 aromatic rings. The van der Waals surface area contributed by atoms with E-state index >= 15 is 0 Å². The van der Waals surface area contributed by atoms with E-state index in [-0.39, 0.29) is 0 Å². The summed E-state index contributed by atoms with van der Waals surface area (Å²) in [6.45, 7) is 11.8. The van der Waals surface area contributed by atoms with Crippen molar-refractivity contribution < 1.29 is 4.12 Å². The highest BCUT2D eigenvalue weighted by Crippen LogP contribution is 2.28. The lowest BCUT2D eigenvalue weighted by molar-refractivity contribution is 0.387. The van der Waals surface area contributed by atoms with Gasteiger partial charge in [-0.2, -0.15) is 0 Å². The summed E-state index contributed by atoms with van der Waals surface area (Å²) >= 11 is 0. The van der Waals surface area contributed by atoms with Gasteiger partial charge < -0.3 is 4.12 Å². The van der Waals surface area contributed by atoms with Crippen LogP contribution in [0.1, 0.15) is 27.2 Å². The van der Waals surface area contributed by atoms with E-state index in [2.05, 4.69) is 125 Å². The third kappa shape index (κ3) is 5.36. The first-order chi connectivity index (χ1) is 13.7. The molecule has 0 amide bonds. The second-order valence-corrected chi connectivity index (χ2v) is 17.6. The molecule has 0 N–H and O–H groups in total. The van der Waals surface area contributed by atoms with Crippen LogP contribution >= 0.6 is 0 Å². The van der Waals surface area contributed by atoms with Gasteiger partial charge in [0.25, 0.3) is 8.32 Å². The van der Waals surface area contributed by atoms with E-state index in [0.29, 0.717) is 5.41 Å². The van der Waals surface area contributed by atoms with Gasteiger partial charge in [-0.1, -0.05) is 112 Å². The van der Waals surface area contributed by atoms with Gasteiger partial charge in [-0.3, -0.25) is 0 Å². The third-order valence-corrected chi connectivity index (χ3v) is 13.8. The fourth-order valence-corrected chi connectivity index (χ4v) is 13.3. The molecule has 0 aliphatic carbocycles. The van der Waals surface area contributed by atoms with Crippen LogP contribution in [-0.2, 0) is 4.12 Å². The number of rotatable bonds is 7. The summed E-state index contributed by atoms with van der Waals surface area (Å²) in [5.74, 6) is 0. The first-order valence-electron chi connectivity index (χ1n) is 10.6. The maximum Gasteiger partial charge on any atom is 0.278 e. The molecule has 0 saturated heterocycles. The van der Waals surface area contributed by atoms with Crippen LogP contribution in [0.15, 0.2) is 91.0 Å². The van der Waals surface area contributed by atoms with Gasteiger partial charge in [0.2, 0.25) is 0 Å². The normalized spacial score (nSPS) is 12.7. The number of hydrogen-bond donors (Lipinski definition) is 0. The molecule has 0 heterocycles. The molecule has 0 radical (unpaired) electrons. The topological polar surface area (TPSA) is 9.23 Å². The van der Waals surface area contributed by atoms with E-state index < -0.39 is 16.6 Å². The average Bonchev–Trinajstić information content (AvgIpc) is 2.72. The summed E-state index contributed by atoms with van der Waals surface area (Å²) in [6, 6.07) is 33.9. The molecule has 0 fully saturated rings. The average molecular weight is 419 g/mol. The second-order valence-electron chi connectivity index (χ2n) is 9.70. The van der Waals surface area contributed by atoms with Crippen molar-refractivity contribution >= 4 is 32.2 Å². The molecule has 0 bridgehead atoms. The zero-order valence-corrected chi connectivity index (χ0v) is 20.5. The molecule has 0 aliphatic rings. The van der Waals surface area contributed by atoms with Crippen LogP contribution in [0.3, 0.4) is 0 Å². The number of hydrogen-bond acceptors (Lipinski definition) is 1. The highest BCUT2D eigenvalue weighted by atomic mass is 28.4. The smallest absolute Gasteiger partial charge is 0.278 e. The van der Waals surface area contributed by atoms with Crippen molar-refractivity contribution in [2.24, 2.45) is 5.41 Å². The first kappa shape index (κ1) is 21.8. The minimum Gasteiger partial charge on any atom is -0.446 e. The summed E-state index contributed by atoms with van der Waals surface area (Å²) < 4.78 is 7.46. The highest BCUT2D eigenvalue weighted by molar-refractivity contribution is 7.10. The maximum absolute atomic E-state index is 7.46. The summed E-state index contributed by atoms with van der Waals surface area (Å²) in [5, 5.41) is 3.98. The van der Waals surface area contributed by atoms with Gasteiger partial charge in [-0.05, 0) is 46.5 Å². The molecule has 3 rings (SSSR count). The number of benzene rings is 3. The van der Waals surface area contributed by atoms with Crippen molar-refractivity contribution in [1.82, 2.24) is 0 Å². The Morgan fingerprint density at radius 1 is 0.621 bits per heavy atom. The molecule has 29 heavy (non-hydrogen) atoms. The van der Waals surface area contributed by atoms with Crippen molar-refractivity contribution in [2.75, 3.05) is 0 Å². The predicted octanol–water partition coefficient (Wildman–Crippen LogP) is 5.31. The van der Waals surface area contributed by atoms with Gasteiger partial charge in [-0.25, -0.2) is 0 Å². The lowest BCUT2D eigenvalue weighted by Gasteiger charge is -2.40. The Morgan fingerprint density at radius 2 is 0.966 bits per heavy atom. The largest absolute Gasteiger partial charge is 0.446 e. The van der Waals surface area contributed by atoms with Crippen molar-refractivity contribution in [3.63, 3.8) is 0 Å². The van der Waals surface area contributed by atoms with Gasteiger partial charge in [-0.15, -0.1) is 0 Å². The van der Waals surface area contributed by atoms with E-state index in [0.717, 1.165) is 6.04 Å². The Morgan fingerprint density at radius 3 is 1.28 bits per heavy atom.